The highest BCUT2D eigenvalue weighted by atomic mass is 32.2. The molecule has 2 heterocycles. The van der Waals surface area contributed by atoms with Crippen molar-refractivity contribution in [1.29, 1.82) is 0 Å². The molecule has 1 atom stereocenters. The maximum absolute atomic E-state index is 12.6. The van der Waals surface area contributed by atoms with Gasteiger partial charge in [0, 0.05) is 12.6 Å². The van der Waals surface area contributed by atoms with Gasteiger partial charge in [0.05, 0.1) is 11.9 Å². The van der Waals surface area contributed by atoms with E-state index in [0.29, 0.717) is 18.8 Å². The summed E-state index contributed by atoms with van der Waals surface area (Å²) in [4.78, 5) is 0.284. The molecule has 3 N–H and O–H groups in total. The van der Waals surface area contributed by atoms with Crippen molar-refractivity contribution in [3.63, 3.8) is 0 Å². The van der Waals surface area contributed by atoms with Crippen LogP contribution in [0.1, 0.15) is 31.4 Å². The minimum Gasteiger partial charge on any atom is -0.330 e. The Balaban J connectivity index is 2.30. The first-order valence-electron chi connectivity index (χ1n) is 6.29. The molecule has 7 heteroatoms. The lowest BCUT2D eigenvalue weighted by atomic mass is 10.0. The Kier molecular flexibility index (Phi) is 4.04. The molecule has 0 saturated carbocycles. The average Bonchev–Trinajstić information content (AvgIpc) is 2.77. The smallest absolute Gasteiger partial charge is 0.246 e. The normalized spacial score (nSPS) is 22.2. The molecule has 1 aliphatic heterocycles. The van der Waals surface area contributed by atoms with Crippen LogP contribution >= 0.6 is 0 Å². The number of nitrogens with zero attached hydrogens (tertiary/aromatic N) is 2. The van der Waals surface area contributed by atoms with Crippen molar-refractivity contribution in [2.24, 2.45) is 5.73 Å². The molecule has 0 bridgehead atoms. The van der Waals surface area contributed by atoms with Crippen LogP contribution < -0.4 is 5.73 Å². The SMILES string of the molecule is Cc1[nH]ncc1S(=O)(=O)N1CCCCC1CCN. The van der Waals surface area contributed by atoms with Gasteiger partial charge < -0.3 is 5.73 Å². The van der Waals surface area contributed by atoms with Crippen LogP contribution in [0, 0.1) is 6.92 Å². The second kappa shape index (κ2) is 5.38. The van der Waals surface area contributed by atoms with Crippen molar-refractivity contribution >= 4 is 10.0 Å². The molecule has 6 nitrogen and oxygen atoms in total. The third-order valence-corrected chi connectivity index (χ3v) is 5.51. The van der Waals surface area contributed by atoms with Crippen molar-refractivity contribution in [2.45, 2.75) is 43.5 Å². The second-order valence-electron chi connectivity index (χ2n) is 4.70. The Morgan fingerprint density at radius 2 is 2.33 bits per heavy atom. The molecular formula is C11H20N4O2S. The lowest BCUT2D eigenvalue weighted by molar-refractivity contribution is 0.243. The molecule has 1 saturated heterocycles. The van der Waals surface area contributed by atoms with E-state index >= 15 is 0 Å². The molecule has 1 unspecified atom stereocenters. The molecule has 0 amide bonds. The summed E-state index contributed by atoms with van der Waals surface area (Å²) < 4.78 is 26.8. The number of hydrogen-bond donors (Lipinski definition) is 2. The van der Waals surface area contributed by atoms with Crippen molar-refractivity contribution < 1.29 is 8.42 Å². The molecule has 0 aliphatic carbocycles. The first-order chi connectivity index (χ1) is 8.57. The van der Waals surface area contributed by atoms with E-state index < -0.39 is 10.0 Å². The van der Waals surface area contributed by atoms with Gasteiger partial charge in [-0.25, -0.2) is 8.42 Å². The predicted molar refractivity (Wildman–Crippen MR) is 68.5 cm³/mol. The zero-order valence-corrected chi connectivity index (χ0v) is 11.4. The number of rotatable bonds is 4. The highest BCUT2D eigenvalue weighted by Gasteiger charge is 2.34. The highest BCUT2D eigenvalue weighted by molar-refractivity contribution is 7.89. The fraction of sp³-hybridized carbons (Fsp3) is 0.727. The van der Waals surface area contributed by atoms with Gasteiger partial charge in [-0.1, -0.05) is 6.42 Å². The van der Waals surface area contributed by atoms with Gasteiger partial charge in [0.15, 0.2) is 0 Å². The summed E-state index contributed by atoms with van der Waals surface area (Å²) in [6, 6.07) is 0.0306. The molecule has 0 aromatic carbocycles. The van der Waals surface area contributed by atoms with Crippen LogP contribution in [0.3, 0.4) is 0 Å². The van der Waals surface area contributed by atoms with Gasteiger partial charge in [-0.2, -0.15) is 9.40 Å². The Labute approximate surface area is 108 Å². The van der Waals surface area contributed by atoms with Gasteiger partial charge >= 0.3 is 0 Å². The lowest BCUT2D eigenvalue weighted by Gasteiger charge is -2.34. The molecular weight excluding hydrogens is 252 g/mol. The van der Waals surface area contributed by atoms with E-state index in [4.69, 9.17) is 5.73 Å². The Hall–Kier alpha value is -0.920. The van der Waals surface area contributed by atoms with Crippen LogP contribution in [-0.2, 0) is 10.0 Å². The van der Waals surface area contributed by atoms with Crippen LogP contribution in [-0.4, -0.2) is 42.1 Å². The summed E-state index contributed by atoms with van der Waals surface area (Å²) in [5.41, 5.74) is 6.16. The van der Waals surface area contributed by atoms with Crippen molar-refractivity contribution in [1.82, 2.24) is 14.5 Å². The lowest BCUT2D eigenvalue weighted by Crippen LogP contribution is -2.44. The van der Waals surface area contributed by atoms with E-state index in [-0.39, 0.29) is 10.9 Å². The molecule has 2 rings (SSSR count). The Morgan fingerprint density at radius 1 is 1.56 bits per heavy atom. The van der Waals surface area contributed by atoms with Gasteiger partial charge in [0.1, 0.15) is 4.90 Å². The topological polar surface area (TPSA) is 92.1 Å². The molecule has 0 spiro atoms. The average molecular weight is 272 g/mol. The number of hydrogen-bond acceptors (Lipinski definition) is 4. The number of piperidine rings is 1. The van der Waals surface area contributed by atoms with Gasteiger partial charge in [-0.15, -0.1) is 0 Å². The first-order valence-corrected chi connectivity index (χ1v) is 7.73. The van der Waals surface area contributed by atoms with Gasteiger partial charge in [0.25, 0.3) is 0 Å². The van der Waals surface area contributed by atoms with E-state index in [2.05, 4.69) is 10.2 Å². The molecule has 1 aromatic rings. The summed E-state index contributed by atoms with van der Waals surface area (Å²) >= 11 is 0. The van der Waals surface area contributed by atoms with E-state index in [1.54, 1.807) is 11.2 Å². The summed E-state index contributed by atoms with van der Waals surface area (Å²) in [6.07, 6.45) is 4.99. The van der Waals surface area contributed by atoms with Gasteiger partial charge in [-0.3, -0.25) is 5.10 Å². The number of sulfonamides is 1. The van der Waals surface area contributed by atoms with E-state index in [1.165, 1.54) is 6.20 Å². The van der Waals surface area contributed by atoms with E-state index in [1.807, 2.05) is 0 Å². The quantitative estimate of drug-likeness (QED) is 0.840. The largest absolute Gasteiger partial charge is 0.330 e. The van der Waals surface area contributed by atoms with Crippen LogP contribution in [0.4, 0.5) is 0 Å². The molecule has 102 valence electrons. The van der Waals surface area contributed by atoms with Crippen molar-refractivity contribution in [3.8, 4) is 0 Å². The number of nitrogens with one attached hydrogen (secondary N) is 1. The minimum atomic E-state index is -3.44. The fourth-order valence-corrected chi connectivity index (χ4v) is 4.34. The van der Waals surface area contributed by atoms with Gasteiger partial charge in [-0.05, 0) is 32.7 Å². The first kappa shape index (κ1) is 13.5. The molecule has 1 aliphatic rings. The van der Waals surface area contributed by atoms with E-state index in [0.717, 1.165) is 25.7 Å². The third-order valence-electron chi connectivity index (χ3n) is 3.44. The predicted octanol–water partition coefficient (Wildman–Crippen LogP) is 0.610. The maximum atomic E-state index is 12.6. The number of aromatic amines is 1. The summed E-state index contributed by atoms with van der Waals surface area (Å²) in [6.45, 7) is 2.82. The Morgan fingerprint density at radius 3 is 2.94 bits per heavy atom. The number of nitrogens with two attached hydrogens (primary N) is 1. The monoisotopic (exact) mass is 272 g/mol. The molecule has 1 fully saturated rings. The van der Waals surface area contributed by atoms with Crippen molar-refractivity contribution in [2.75, 3.05) is 13.1 Å². The fourth-order valence-electron chi connectivity index (χ4n) is 2.50. The van der Waals surface area contributed by atoms with Crippen LogP contribution in [0.5, 0.6) is 0 Å². The second-order valence-corrected chi connectivity index (χ2v) is 6.56. The number of aryl methyl sites for hydroxylation is 1. The summed E-state index contributed by atoms with van der Waals surface area (Å²) in [5.74, 6) is 0. The van der Waals surface area contributed by atoms with Crippen molar-refractivity contribution in [3.05, 3.63) is 11.9 Å². The number of aromatic nitrogens is 2. The van der Waals surface area contributed by atoms with Crippen LogP contribution in [0.15, 0.2) is 11.1 Å². The minimum absolute atomic E-state index is 0.0306. The third kappa shape index (κ3) is 2.43. The number of H-pyrrole nitrogens is 1. The molecule has 1 aromatic heterocycles. The highest BCUT2D eigenvalue weighted by Crippen LogP contribution is 2.27. The van der Waals surface area contributed by atoms with Crippen LogP contribution in [0.2, 0.25) is 0 Å². The van der Waals surface area contributed by atoms with E-state index in [9.17, 15) is 8.42 Å². The summed E-state index contributed by atoms with van der Waals surface area (Å²) in [7, 11) is -3.44. The molecule has 0 radical (unpaired) electrons. The van der Waals surface area contributed by atoms with Crippen LogP contribution in [0.25, 0.3) is 0 Å². The zero-order chi connectivity index (χ0) is 13.2. The standard InChI is InChI=1S/C11H20N4O2S/c1-9-11(8-13-14-9)18(16,17)15-7-3-2-4-10(15)5-6-12/h8,10H,2-7,12H2,1H3,(H,13,14). The molecule has 18 heavy (non-hydrogen) atoms. The zero-order valence-electron chi connectivity index (χ0n) is 10.6. The summed E-state index contributed by atoms with van der Waals surface area (Å²) in [5, 5.41) is 6.48. The maximum Gasteiger partial charge on any atom is 0.246 e. The van der Waals surface area contributed by atoms with Gasteiger partial charge in [0.2, 0.25) is 10.0 Å². The Bertz CT molecular complexity index is 495.